The van der Waals surface area contributed by atoms with Crippen LogP contribution in [0.5, 0.6) is 5.75 Å². The van der Waals surface area contributed by atoms with Crippen molar-refractivity contribution in [1.82, 2.24) is 10.2 Å². The Bertz CT molecular complexity index is 1710. The average Bonchev–Trinajstić information content (AvgIpc) is 3.06. The summed E-state index contributed by atoms with van der Waals surface area (Å²) in [5.41, 5.74) is 1.63. The van der Waals surface area contributed by atoms with Gasteiger partial charge in [-0.25, -0.2) is 8.42 Å². The molecule has 236 valence electrons. The molecule has 0 saturated carbocycles. The van der Waals surface area contributed by atoms with Gasteiger partial charge in [0.05, 0.1) is 27.7 Å². The minimum absolute atomic E-state index is 0.00117. The summed E-state index contributed by atoms with van der Waals surface area (Å²) in [6, 6.07) is 27.8. The van der Waals surface area contributed by atoms with Gasteiger partial charge in [-0.05, 0) is 53.9 Å². The maximum absolute atomic E-state index is 14.5. The van der Waals surface area contributed by atoms with Crippen LogP contribution in [0.4, 0.5) is 5.69 Å². The molecule has 4 rings (SSSR count). The van der Waals surface area contributed by atoms with E-state index in [-0.39, 0.29) is 35.2 Å². The monoisotopic (exact) mass is 667 g/mol. The Labute approximate surface area is 274 Å². The van der Waals surface area contributed by atoms with Crippen molar-refractivity contribution in [2.24, 2.45) is 0 Å². The largest absolute Gasteiger partial charge is 0.495 e. The van der Waals surface area contributed by atoms with Crippen LogP contribution in [0.1, 0.15) is 24.5 Å². The molecule has 0 heterocycles. The van der Waals surface area contributed by atoms with Crippen molar-refractivity contribution in [3.63, 3.8) is 0 Å². The zero-order valence-corrected chi connectivity index (χ0v) is 27.4. The second-order valence-electron chi connectivity index (χ2n) is 10.3. The van der Waals surface area contributed by atoms with E-state index < -0.39 is 28.5 Å². The van der Waals surface area contributed by atoms with Crippen molar-refractivity contribution < 1.29 is 22.7 Å². The number of para-hydroxylation sites is 2. The molecule has 0 aliphatic carbocycles. The van der Waals surface area contributed by atoms with Crippen molar-refractivity contribution in [3.05, 3.63) is 124 Å². The van der Waals surface area contributed by atoms with Gasteiger partial charge in [0.1, 0.15) is 18.3 Å². The molecular formula is C34H35Cl2N3O5S. The molecule has 4 aromatic carbocycles. The molecule has 4 aromatic rings. The number of sulfonamides is 1. The number of anilines is 1. The highest BCUT2D eigenvalue weighted by Crippen LogP contribution is 2.33. The Morgan fingerprint density at radius 3 is 2.13 bits per heavy atom. The fourth-order valence-corrected chi connectivity index (χ4v) is 6.59. The summed E-state index contributed by atoms with van der Waals surface area (Å²) in [4.78, 5) is 29.6. The molecule has 0 aliphatic heterocycles. The summed E-state index contributed by atoms with van der Waals surface area (Å²) >= 11 is 12.5. The number of ether oxygens (including phenoxy) is 1. The second kappa shape index (κ2) is 15.8. The van der Waals surface area contributed by atoms with E-state index in [1.54, 1.807) is 60.7 Å². The van der Waals surface area contributed by atoms with Crippen LogP contribution in [0.15, 0.2) is 108 Å². The number of nitrogens with zero attached hydrogens (tertiary/aromatic N) is 2. The van der Waals surface area contributed by atoms with Gasteiger partial charge in [0.25, 0.3) is 10.0 Å². The molecule has 11 heteroatoms. The Morgan fingerprint density at radius 1 is 0.844 bits per heavy atom. The fourth-order valence-electron chi connectivity index (χ4n) is 4.82. The van der Waals surface area contributed by atoms with Crippen molar-refractivity contribution in [2.75, 3.05) is 24.5 Å². The highest BCUT2D eigenvalue weighted by Gasteiger charge is 2.35. The third-order valence-electron chi connectivity index (χ3n) is 7.12. The molecule has 2 amide bonds. The van der Waals surface area contributed by atoms with Gasteiger partial charge in [0.2, 0.25) is 11.8 Å². The summed E-state index contributed by atoms with van der Waals surface area (Å²) < 4.78 is 34.8. The molecule has 45 heavy (non-hydrogen) atoms. The highest BCUT2D eigenvalue weighted by atomic mass is 35.5. The Morgan fingerprint density at radius 2 is 1.49 bits per heavy atom. The zero-order valence-electron chi connectivity index (χ0n) is 25.0. The number of methoxy groups -OCH3 is 1. The van der Waals surface area contributed by atoms with Crippen LogP contribution >= 0.6 is 23.2 Å². The normalized spacial score (nSPS) is 11.8. The van der Waals surface area contributed by atoms with Crippen molar-refractivity contribution in [1.29, 1.82) is 0 Å². The Kier molecular flexibility index (Phi) is 11.9. The van der Waals surface area contributed by atoms with Crippen LogP contribution in [0.2, 0.25) is 10.0 Å². The summed E-state index contributed by atoms with van der Waals surface area (Å²) in [6.45, 7) is 1.71. The molecule has 0 unspecified atom stereocenters. The van der Waals surface area contributed by atoms with E-state index >= 15 is 0 Å². The van der Waals surface area contributed by atoms with Crippen molar-refractivity contribution in [3.8, 4) is 5.75 Å². The Hall–Kier alpha value is -4.05. The molecule has 0 fully saturated rings. The van der Waals surface area contributed by atoms with Crippen molar-refractivity contribution >= 4 is 50.7 Å². The van der Waals surface area contributed by atoms with Gasteiger partial charge in [-0.1, -0.05) is 96.9 Å². The van der Waals surface area contributed by atoms with Crippen LogP contribution < -0.4 is 14.4 Å². The van der Waals surface area contributed by atoms with Crippen LogP contribution in [0.25, 0.3) is 0 Å². The van der Waals surface area contributed by atoms with Gasteiger partial charge in [-0.3, -0.25) is 13.9 Å². The number of carbonyl (C=O) groups is 2. The molecule has 0 spiro atoms. The smallest absolute Gasteiger partial charge is 0.264 e. The summed E-state index contributed by atoms with van der Waals surface area (Å²) in [5, 5.41) is 3.56. The maximum atomic E-state index is 14.5. The molecule has 0 bridgehead atoms. The molecule has 8 nitrogen and oxygen atoms in total. The molecule has 1 N–H and O–H groups in total. The molecule has 0 saturated heterocycles. The first-order valence-electron chi connectivity index (χ1n) is 14.4. The minimum Gasteiger partial charge on any atom is -0.495 e. The number of rotatable bonds is 14. The molecule has 1 atom stereocenters. The lowest BCUT2D eigenvalue weighted by atomic mass is 10.0. The lowest BCUT2D eigenvalue weighted by Crippen LogP contribution is -2.53. The van der Waals surface area contributed by atoms with Gasteiger partial charge in [-0.15, -0.1) is 0 Å². The van der Waals surface area contributed by atoms with Crippen molar-refractivity contribution in [2.45, 2.75) is 37.2 Å². The maximum Gasteiger partial charge on any atom is 0.264 e. The first-order chi connectivity index (χ1) is 21.6. The molecular weight excluding hydrogens is 633 g/mol. The predicted molar refractivity (Wildman–Crippen MR) is 178 cm³/mol. The van der Waals surface area contributed by atoms with Gasteiger partial charge in [-0.2, -0.15) is 0 Å². The van der Waals surface area contributed by atoms with E-state index in [0.717, 1.165) is 9.87 Å². The number of hydrogen-bond donors (Lipinski definition) is 1. The number of carbonyl (C=O) groups excluding carboxylic acids is 2. The van der Waals surface area contributed by atoms with Gasteiger partial charge in [0, 0.05) is 19.5 Å². The van der Waals surface area contributed by atoms with Gasteiger partial charge >= 0.3 is 0 Å². The SMILES string of the molecule is CCCNC(=O)[C@H](Cc1ccccc1)N(Cc1ccc(Cl)c(Cl)c1)C(=O)CN(c1ccccc1OC)S(=O)(=O)c1ccccc1. The number of amides is 2. The van der Waals surface area contributed by atoms with E-state index in [0.29, 0.717) is 28.6 Å². The quantitative estimate of drug-likeness (QED) is 0.169. The van der Waals surface area contributed by atoms with E-state index in [9.17, 15) is 18.0 Å². The predicted octanol–water partition coefficient (Wildman–Crippen LogP) is 6.36. The summed E-state index contributed by atoms with van der Waals surface area (Å²) in [5.74, 6) is -0.690. The summed E-state index contributed by atoms with van der Waals surface area (Å²) in [7, 11) is -2.82. The molecule has 0 aliphatic rings. The van der Waals surface area contributed by atoms with E-state index in [1.165, 1.54) is 24.1 Å². The third-order valence-corrected chi connectivity index (χ3v) is 9.63. The highest BCUT2D eigenvalue weighted by molar-refractivity contribution is 7.92. The van der Waals surface area contributed by atoms with Crippen LogP contribution in [-0.4, -0.2) is 51.4 Å². The second-order valence-corrected chi connectivity index (χ2v) is 12.9. The van der Waals surface area contributed by atoms with E-state index in [1.807, 2.05) is 37.3 Å². The third kappa shape index (κ3) is 8.57. The molecule has 0 radical (unpaired) electrons. The first-order valence-corrected chi connectivity index (χ1v) is 16.6. The van der Waals surface area contributed by atoms with Gasteiger partial charge < -0.3 is 15.0 Å². The number of hydrogen-bond acceptors (Lipinski definition) is 5. The Balaban J connectivity index is 1.83. The minimum atomic E-state index is -4.25. The average molecular weight is 669 g/mol. The number of benzene rings is 4. The van der Waals surface area contributed by atoms with E-state index in [4.69, 9.17) is 27.9 Å². The fraction of sp³-hybridized carbons (Fsp3) is 0.235. The van der Waals surface area contributed by atoms with Gasteiger partial charge in [0.15, 0.2) is 0 Å². The standard InChI is InChI=1S/C34H35Cl2N3O5S/c1-3-20-37-34(41)31(22-25-12-6-4-7-13-25)38(23-26-18-19-28(35)29(36)21-26)33(40)24-39(30-16-10-11-17-32(30)44-2)45(42,43)27-14-8-5-9-15-27/h4-19,21,31H,3,20,22-24H2,1-2H3,(H,37,41)/t31-/m0/s1. The number of nitrogens with one attached hydrogen (secondary N) is 1. The van der Waals surface area contributed by atoms with Crippen LogP contribution in [0.3, 0.4) is 0 Å². The molecule has 0 aromatic heterocycles. The lowest BCUT2D eigenvalue weighted by molar-refractivity contribution is -0.140. The first kappa shape index (κ1) is 33.8. The zero-order chi connectivity index (χ0) is 32.4. The topological polar surface area (TPSA) is 96.0 Å². The lowest BCUT2D eigenvalue weighted by Gasteiger charge is -2.34. The van der Waals surface area contributed by atoms with Crippen LogP contribution in [-0.2, 0) is 32.6 Å². The number of halogens is 2. The van der Waals surface area contributed by atoms with E-state index in [2.05, 4.69) is 5.32 Å². The summed E-state index contributed by atoms with van der Waals surface area (Å²) in [6.07, 6.45) is 0.894. The van der Waals surface area contributed by atoms with Crippen LogP contribution in [0, 0.1) is 0 Å².